The van der Waals surface area contributed by atoms with E-state index in [1.807, 2.05) is 6.92 Å². The fourth-order valence-corrected chi connectivity index (χ4v) is 5.71. The molecule has 0 aliphatic heterocycles. The molecule has 3 rings (SSSR count). The summed E-state index contributed by atoms with van der Waals surface area (Å²) < 4.78 is 102. The highest BCUT2D eigenvalue weighted by molar-refractivity contribution is 7.92. The van der Waals surface area contributed by atoms with Gasteiger partial charge in [0.15, 0.2) is 9.84 Å². The summed E-state index contributed by atoms with van der Waals surface area (Å²) >= 11 is 0. The SMILES string of the molecule is CC1(CNC(=O)c2ccc(C(F)(F)F)nc2)CCC(S(=O)(=O)c2cccc(C(F)(F)F)c2)CC1. The van der Waals surface area contributed by atoms with Crippen molar-refractivity contribution >= 4 is 15.7 Å². The van der Waals surface area contributed by atoms with Crippen molar-refractivity contribution in [3.8, 4) is 0 Å². The summed E-state index contributed by atoms with van der Waals surface area (Å²) in [6.07, 6.45) is -7.26. The van der Waals surface area contributed by atoms with Gasteiger partial charge < -0.3 is 5.32 Å². The first-order valence-corrected chi connectivity index (χ1v) is 11.9. The van der Waals surface area contributed by atoms with E-state index in [-0.39, 0.29) is 29.8 Å². The molecule has 1 aromatic carbocycles. The lowest BCUT2D eigenvalue weighted by atomic mass is 9.75. The summed E-state index contributed by atoms with van der Waals surface area (Å²) in [7, 11) is -3.97. The van der Waals surface area contributed by atoms with Crippen LogP contribution in [0.3, 0.4) is 0 Å². The Kier molecular flexibility index (Phi) is 7.03. The Labute approximate surface area is 192 Å². The highest BCUT2D eigenvalue weighted by atomic mass is 32.2. The molecule has 2 aromatic rings. The lowest BCUT2D eigenvalue weighted by Gasteiger charge is -2.37. The van der Waals surface area contributed by atoms with E-state index in [1.165, 1.54) is 0 Å². The number of pyridine rings is 1. The standard InChI is InChI=1S/C22H22F6N2O3S/c1-20(13-30-19(31)14-5-6-18(29-12-14)22(26,27)28)9-7-16(8-10-20)34(32,33)17-4-2-3-15(11-17)21(23,24)25/h2-6,11-12,16H,7-10,13H2,1H3,(H,30,31). The number of amides is 1. The number of carbonyl (C=O) groups excluding carboxylic acids is 1. The minimum absolute atomic E-state index is 0.0441. The van der Waals surface area contributed by atoms with Gasteiger partial charge in [0.1, 0.15) is 5.69 Å². The van der Waals surface area contributed by atoms with Gasteiger partial charge in [-0.25, -0.2) is 8.42 Å². The average molecular weight is 508 g/mol. The smallest absolute Gasteiger partial charge is 0.351 e. The number of hydrogen-bond acceptors (Lipinski definition) is 4. The lowest BCUT2D eigenvalue weighted by Crippen LogP contribution is -2.40. The Morgan fingerprint density at radius 2 is 1.71 bits per heavy atom. The molecule has 1 saturated carbocycles. The molecule has 186 valence electrons. The predicted molar refractivity (Wildman–Crippen MR) is 111 cm³/mol. The quantitative estimate of drug-likeness (QED) is 0.559. The van der Waals surface area contributed by atoms with Gasteiger partial charge in [0.05, 0.1) is 21.3 Å². The van der Waals surface area contributed by atoms with Crippen LogP contribution in [-0.2, 0) is 22.2 Å². The van der Waals surface area contributed by atoms with E-state index in [9.17, 15) is 39.6 Å². The van der Waals surface area contributed by atoms with Crippen LogP contribution in [0.15, 0.2) is 47.5 Å². The van der Waals surface area contributed by atoms with E-state index in [2.05, 4.69) is 10.3 Å². The summed E-state index contributed by atoms with van der Waals surface area (Å²) in [6.45, 7) is 1.99. The molecule has 0 atom stereocenters. The van der Waals surface area contributed by atoms with E-state index >= 15 is 0 Å². The number of carbonyl (C=O) groups is 1. The largest absolute Gasteiger partial charge is 0.433 e. The van der Waals surface area contributed by atoms with Crippen molar-refractivity contribution < 1.29 is 39.6 Å². The Morgan fingerprint density at radius 3 is 2.24 bits per heavy atom. The number of alkyl halides is 6. The third-order valence-corrected chi connectivity index (χ3v) is 8.32. The second-order valence-electron chi connectivity index (χ2n) is 8.69. The second kappa shape index (κ2) is 9.20. The number of rotatable bonds is 5. The van der Waals surface area contributed by atoms with Crippen molar-refractivity contribution in [2.24, 2.45) is 5.41 Å². The zero-order chi connectivity index (χ0) is 25.4. The molecule has 1 aromatic heterocycles. The monoisotopic (exact) mass is 508 g/mol. The molecule has 1 amide bonds. The number of nitrogens with one attached hydrogen (secondary N) is 1. The molecule has 1 N–H and O–H groups in total. The van der Waals surface area contributed by atoms with Crippen LogP contribution in [0.1, 0.15) is 54.2 Å². The van der Waals surface area contributed by atoms with Crippen LogP contribution in [0, 0.1) is 5.41 Å². The minimum atomic E-state index is -4.66. The van der Waals surface area contributed by atoms with Crippen molar-refractivity contribution in [3.05, 3.63) is 59.4 Å². The van der Waals surface area contributed by atoms with Crippen LogP contribution in [0.5, 0.6) is 0 Å². The molecule has 0 saturated heterocycles. The number of benzene rings is 1. The Hall–Kier alpha value is -2.63. The molecule has 1 heterocycles. The summed E-state index contributed by atoms with van der Waals surface area (Å²) in [5.41, 5.74) is -2.67. The Bertz CT molecular complexity index is 1140. The van der Waals surface area contributed by atoms with E-state index in [4.69, 9.17) is 0 Å². The molecule has 1 aliphatic rings. The molecule has 0 spiro atoms. The van der Waals surface area contributed by atoms with Crippen LogP contribution < -0.4 is 5.32 Å². The molecule has 0 bridgehead atoms. The van der Waals surface area contributed by atoms with Crippen molar-refractivity contribution in [1.82, 2.24) is 10.3 Å². The van der Waals surface area contributed by atoms with Gasteiger partial charge in [-0.3, -0.25) is 9.78 Å². The fourth-order valence-electron chi connectivity index (χ4n) is 3.91. The molecular formula is C22H22F6N2O3S. The molecule has 1 fully saturated rings. The van der Waals surface area contributed by atoms with Gasteiger partial charge in [-0.1, -0.05) is 13.0 Å². The third kappa shape index (κ3) is 5.89. The number of halogens is 6. The predicted octanol–water partition coefficient (Wildman–Crippen LogP) is 5.27. The lowest BCUT2D eigenvalue weighted by molar-refractivity contribution is -0.141. The van der Waals surface area contributed by atoms with Crippen LogP contribution in [0.4, 0.5) is 26.3 Å². The summed E-state index contributed by atoms with van der Waals surface area (Å²) in [5.74, 6) is -0.610. The molecule has 1 aliphatic carbocycles. The van der Waals surface area contributed by atoms with Crippen LogP contribution in [0.25, 0.3) is 0 Å². The fraction of sp³-hybridized carbons (Fsp3) is 0.455. The van der Waals surface area contributed by atoms with E-state index < -0.39 is 50.0 Å². The highest BCUT2D eigenvalue weighted by Crippen LogP contribution is 2.40. The van der Waals surface area contributed by atoms with Gasteiger partial charge in [-0.2, -0.15) is 26.3 Å². The van der Waals surface area contributed by atoms with Crippen LogP contribution in [0.2, 0.25) is 0 Å². The summed E-state index contributed by atoms with van der Waals surface area (Å²) in [5, 5.41) is 1.79. The van der Waals surface area contributed by atoms with Crippen molar-refractivity contribution in [2.75, 3.05) is 6.54 Å². The van der Waals surface area contributed by atoms with Gasteiger partial charge in [0, 0.05) is 12.7 Å². The number of hydrogen-bond donors (Lipinski definition) is 1. The Morgan fingerprint density at radius 1 is 1.06 bits per heavy atom. The van der Waals surface area contributed by atoms with E-state index in [1.54, 1.807) is 0 Å². The molecular weight excluding hydrogens is 486 g/mol. The van der Waals surface area contributed by atoms with E-state index in [0.29, 0.717) is 25.0 Å². The zero-order valence-electron chi connectivity index (χ0n) is 18.0. The molecule has 34 heavy (non-hydrogen) atoms. The average Bonchev–Trinajstić information content (AvgIpc) is 2.77. The van der Waals surface area contributed by atoms with Crippen molar-refractivity contribution in [2.45, 2.75) is 55.1 Å². The van der Waals surface area contributed by atoms with Crippen LogP contribution >= 0.6 is 0 Å². The number of sulfone groups is 1. The van der Waals surface area contributed by atoms with Gasteiger partial charge in [0.25, 0.3) is 5.91 Å². The first-order valence-electron chi connectivity index (χ1n) is 10.3. The number of nitrogens with zero attached hydrogens (tertiary/aromatic N) is 1. The number of aromatic nitrogens is 1. The molecule has 12 heteroatoms. The second-order valence-corrected chi connectivity index (χ2v) is 10.9. The highest BCUT2D eigenvalue weighted by Gasteiger charge is 2.39. The van der Waals surface area contributed by atoms with Gasteiger partial charge in [0.2, 0.25) is 0 Å². The maximum Gasteiger partial charge on any atom is 0.433 e. The van der Waals surface area contributed by atoms with Gasteiger partial charge in [-0.15, -0.1) is 0 Å². The summed E-state index contributed by atoms with van der Waals surface area (Å²) in [4.78, 5) is 15.2. The molecule has 0 radical (unpaired) electrons. The zero-order valence-corrected chi connectivity index (χ0v) is 18.8. The van der Waals surface area contributed by atoms with Crippen molar-refractivity contribution in [3.63, 3.8) is 0 Å². The maximum atomic E-state index is 13.0. The topological polar surface area (TPSA) is 76.1 Å². The maximum absolute atomic E-state index is 13.0. The molecule has 0 unspecified atom stereocenters. The molecule has 5 nitrogen and oxygen atoms in total. The Balaban J connectivity index is 1.61. The summed E-state index contributed by atoms with van der Waals surface area (Å²) in [6, 6.07) is 5.39. The minimum Gasteiger partial charge on any atom is -0.351 e. The van der Waals surface area contributed by atoms with E-state index in [0.717, 1.165) is 30.5 Å². The normalized spacial score (nSPS) is 21.8. The van der Waals surface area contributed by atoms with Crippen molar-refractivity contribution in [1.29, 1.82) is 0 Å². The first-order chi connectivity index (χ1) is 15.6. The van der Waals surface area contributed by atoms with Gasteiger partial charge >= 0.3 is 12.4 Å². The first kappa shape index (κ1) is 26.0. The third-order valence-electron chi connectivity index (χ3n) is 6.06. The van der Waals surface area contributed by atoms with Crippen LogP contribution in [-0.4, -0.2) is 31.1 Å². The van der Waals surface area contributed by atoms with Gasteiger partial charge in [-0.05, 0) is 61.4 Å².